The average Bonchev–Trinajstić information content (AvgIpc) is 3.36. The minimum atomic E-state index is -0.196. The molecule has 3 rings (SSSR count). The predicted octanol–water partition coefficient (Wildman–Crippen LogP) is 3.11. The molecule has 0 spiro atoms. The van der Waals surface area contributed by atoms with Crippen LogP contribution in [0.25, 0.3) is 0 Å². The molecule has 0 aromatic heterocycles. The maximum absolute atomic E-state index is 13.6. The van der Waals surface area contributed by atoms with Crippen molar-refractivity contribution in [3.8, 4) is 11.5 Å². The number of benzene rings is 2. The molecule has 2 aromatic rings. The van der Waals surface area contributed by atoms with Crippen molar-refractivity contribution < 1.29 is 23.8 Å². The van der Waals surface area contributed by atoms with Gasteiger partial charge in [0.1, 0.15) is 0 Å². The van der Waals surface area contributed by atoms with Gasteiger partial charge in [-0.1, -0.05) is 30.3 Å². The Bertz CT molecular complexity index is 982. The number of methoxy groups -OCH3 is 2. The number of carbonyl (C=O) groups is 2. The average molecular weight is 498 g/mol. The standard InChI is InChI=1S/C28H39N3O5/c1-20(2)31(28(33)22-11-12-25(35-4)26(15-22)36-14-8-13-34-3)19-23-17-29-18-24(23)27(32)30-16-21-9-6-5-7-10-21/h5-7,9-12,15,20,23-24,29H,8,13-14,16-19H2,1-4H3,(H,30,32)/t23-,24-/m1/s1. The van der Waals surface area contributed by atoms with E-state index < -0.39 is 0 Å². The third-order valence-electron chi connectivity index (χ3n) is 6.46. The minimum absolute atomic E-state index is 0.0150. The second-order valence-electron chi connectivity index (χ2n) is 9.34. The minimum Gasteiger partial charge on any atom is -0.493 e. The van der Waals surface area contributed by atoms with Gasteiger partial charge in [0, 0.05) is 63.8 Å². The van der Waals surface area contributed by atoms with Crippen LogP contribution in [0, 0.1) is 11.8 Å². The number of amides is 2. The summed E-state index contributed by atoms with van der Waals surface area (Å²) in [5.74, 6) is 0.860. The van der Waals surface area contributed by atoms with Gasteiger partial charge in [-0.3, -0.25) is 9.59 Å². The van der Waals surface area contributed by atoms with E-state index in [9.17, 15) is 9.59 Å². The fourth-order valence-corrected chi connectivity index (χ4v) is 4.40. The number of rotatable bonds is 13. The zero-order valence-corrected chi connectivity index (χ0v) is 21.8. The number of hydrogen-bond donors (Lipinski definition) is 2. The number of carbonyl (C=O) groups excluding carboxylic acids is 2. The summed E-state index contributed by atoms with van der Waals surface area (Å²) in [4.78, 5) is 28.4. The van der Waals surface area contributed by atoms with E-state index in [1.54, 1.807) is 32.4 Å². The van der Waals surface area contributed by atoms with Crippen molar-refractivity contribution in [3.63, 3.8) is 0 Å². The summed E-state index contributed by atoms with van der Waals surface area (Å²) < 4.78 is 16.4. The summed E-state index contributed by atoms with van der Waals surface area (Å²) in [5, 5.41) is 6.40. The van der Waals surface area contributed by atoms with Crippen LogP contribution >= 0.6 is 0 Å². The second kappa shape index (κ2) is 13.8. The number of hydrogen-bond acceptors (Lipinski definition) is 6. The Balaban J connectivity index is 1.67. The van der Waals surface area contributed by atoms with Gasteiger partial charge in [-0.25, -0.2) is 0 Å². The third kappa shape index (κ3) is 7.45. The van der Waals surface area contributed by atoms with E-state index in [2.05, 4.69) is 10.6 Å². The molecule has 0 radical (unpaired) electrons. The first-order valence-electron chi connectivity index (χ1n) is 12.6. The number of ether oxygens (including phenoxy) is 3. The van der Waals surface area contributed by atoms with E-state index in [-0.39, 0.29) is 29.7 Å². The molecule has 1 aliphatic rings. The molecule has 8 heteroatoms. The first-order chi connectivity index (χ1) is 17.4. The third-order valence-corrected chi connectivity index (χ3v) is 6.46. The van der Waals surface area contributed by atoms with Gasteiger partial charge >= 0.3 is 0 Å². The highest BCUT2D eigenvalue weighted by atomic mass is 16.5. The van der Waals surface area contributed by atoms with Crippen LogP contribution in [-0.4, -0.2) is 69.8 Å². The van der Waals surface area contributed by atoms with Gasteiger partial charge in [0.15, 0.2) is 11.5 Å². The van der Waals surface area contributed by atoms with Crippen LogP contribution in [0.4, 0.5) is 0 Å². The molecule has 8 nitrogen and oxygen atoms in total. The summed E-state index contributed by atoms with van der Waals surface area (Å²) in [6.07, 6.45) is 0.734. The van der Waals surface area contributed by atoms with E-state index >= 15 is 0 Å². The van der Waals surface area contributed by atoms with Crippen molar-refractivity contribution in [2.24, 2.45) is 11.8 Å². The SMILES string of the molecule is COCCCOc1cc(C(=O)N(C[C@H]2CNC[C@H]2C(=O)NCc2ccccc2)C(C)C)ccc1OC. The van der Waals surface area contributed by atoms with Crippen LogP contribution in [0.15, 0.2) is 48.5 Å². The van der Waals surface area contributed by atoms with Crippen LogP contribution < -0.4 is 20.1 Å². The van der Waals surface area contributed by atoms with E-state index in [1.165, 1.54) is 0 Å². The lowest BCUT2D eigenvalue weighted by Gasteiger charge is -2.31. The molecule has 1 aliphatic heterocycles. The zero-order valence-electron chi connectivity index (χ0n) is 21.8. The Morgan fingerprint density at radius 1 is 1.06 bits per heavy atom. The molecule has 0 bridgehead atoms. The largest absolute Gasteiger partial charge is 0.493 e. The van der Waals surface area contributed by atoms with E-state index in [1.807, 2.05) is 49.1 Å². The highest BCUT2D eigenvalue weighted by molar-refractivity contribution is 5.95. The highest BCUT2D eigenvalue weighted by Gasteiger charge is 2.35. The number of nitrogens with zero attached hydrogens (tertiary/aromatic N) is 1. The van der Waals surface area contributed by atoms with Crippen molar-refractivity contribution in [1.29, 1.82) is 0 Å². The lowest BCUT2D eigenvalue weighted by atomic mass is 9.93. The lowest BCUT2D eigenvalue weighted by Crippen LogP contribution is -2.44. The van der Waals surface area contributed by atoms with Crippen LogP contribution in [0.5, 0.6) is 11.5 Å². The van der Waals surface area contributed by atoms with Crippen molar-refractivity contribution in [2.45, 2.75) is 32.9 Å². The Labute approximate surface area is 214 Å². The molecular formula is C28H39N3O5. The molecule has 0 saturated carbocycles. The summed E-state index contributed by atoms with van der Waals surface area (Å²) in [5.41, 5.74) is 1.59. The molecule has 2 aromatic carbocycles. The molecular weight excluding hydrogens is 458 g/mol. The van der Waals surface area contributed by atoms with E-state index in [0.717, 1.165) is 12.0 Å². The number of nitrogens with one attached hydrogen (secondary N) is 2. The Morgan fingerprint density at radius 3 is 2.53 bits per heavy atom. The molecule has 0 unspecified atom stereocenters. The van der Waals surface area contributed by atoms with Gasteiger partial charge in [0.25, 0.3) is 5.91 Å². The smallest absolute Gasteiger partial charge is 0.254 e. The van der Waals surface area contributed by atoms with Crippen LogP contribution in [0.3, 0.4) is 0 Å². The Morgan fingerprint density at radius 2 is 1.83 bits per heavy atom. The van der Waals surface area contributed by atoms with Crippen LogP contribution in [0.1, 0.15) is 36.2 Å². The van der Waals surface area contributed by atoms with Crippen molar-refractivity contribution in [2.75, 3.05) is 47.1 Å². The van der Waals surface area contributed by atoms with Gasteiger partial charge in [-0.05, 0) is 37.6 Å². The predicted molar refractivity (Wildman–Crippen MR) is 139 cm³/mol. The van der Waals surface area contributed by atoms with Gasteiger partial charge in [-0.15, -0.1) is 0 Å². The normalized spacial score (nSPS) is 17.1. The fraction of sp³-hybridized carbons (Fsp3) is 0.500. The second-order valence-corrected chi connectivity index (χ2v) is 9.34. The van der Waals surface area contributed by atoms with Gasteiger partial charge in [0.05, 0.1) is 19.6 Å². The first kappa shape index (κ1) is 27.5. The van der Waals surface area contributed by atoms with E-state index in [4.69, 9.17) is 14.2 Å². The van der Waals surface area contributed by atoms with Gasteiger partial charge in [0.2, 0.25) is 5.91 Å². The maximum atomic E-state index is 13.6. The summed E-state index contributed by atoms with van der Waals surface area (Å²) in [6.45, 7) is 7.33. The Kier molecular flexibility index (Phi) is 10.6. The van der Waals surface area contributed by atoms with Crippen LogP contribution in [0.2, 0.25) is 0 Å². The molecule has 2 atom stereocenters. The van der Waals surface area contributed by atoms with Crippen molar-refractivity contribution in [3.05, 3.63) is 59.7 Å². The van der Waals surface area contributed by atoms with Crippen molar-refractivity contribution in [1.82, 2.24) is 15.5 Å². The fourth-order valence-electron chi connectivity index (χ4n) is 4.40. The molecule has 196 valence electrons. The Hall–Kier alpha value is -3.10. The lowest BCUT2D eigenvalue weighted by molar-refractivity contribution is -0.125. The summed E-state index contributed by atoms with van der Waals surface area (Å²) in [7, 11) is 3.23. The highest BCUT2D eigenvalue weighted by Crippen LogP contribution is 2.29. The van der Waals surface area contributed by atoms with Gasteiger partial charge in [-0.2, -0.15) is 0 Å². The quantitative estimate of drug-likeness (QED) is 0.414. The van der Waals surface area contributed by atoms with Crippen LogP contribution in [-0.2, 0) is 16.1 Å². The molecule has 1 fully saturated rings. The molecule has 2 N–H and O–H groups in total. The topological polar surface area (TPSA) is 89.1 Å². The summed E-state index contributed by atoms with van der Waals surface area (Å²) >= 11 is 0. The first-order valence-corrected chi connectivity index (χ1v) is 12.6. The zero-order chi connectivity index (χ0) is 25.9. The summed E-state index contributed by atoms with van der Waals surface area (Å²) in [6, 6.07) is 15.1. The molecule has 1 saturated heterocycles. The molecule has 1 heterocycles. The molecule has 0 aliphatic carbocycles. The van der Waals surface area contributed by atoms with Gasteiger partial charge < -0.3 is 29.7 Å². The molecule has 2 amide bonds. The maximum Gasteiger partial charge on any atom is 0.254 e. The van der Waals surface area contributed by atoms with E-state index in [0.29, 0.717) is 56.5 Å². The monoisotopic (exact) mass is 497 g/mol. The molecule has 36 heavy (non-hydrogen) atoms. The van der Waals surface area contributed by atoms with Crippen molar-refractivity contribution >= 4 is 11.8 Å².